The molecule has 1 saturated heterocycles. The summed E-state index contributed by atoms with van der Waals surface area (Å²) in [6.07, 6.45) is 2.98. The molecule has 5 rings (SSSR count). The number of carbonyl (C=O) groups excluding carboxylic acids is 1. The van der Waals surface area contributed by atoms with E-state index in [1.54, 1.807) is 0 Å². The molecule has 0 radical (unpaired) electrons. The lowest BCUT2D eigenvalue weighted by molar-refractivity contribution is -0.140. The van der Waals surface area contributed by atoms with E-state index in [1.165, 1.54) is 11.1 Å². The predicted molar refractivity (Wildman–Crippen MR) is 167 cm³/mol. The van der Waals surface area contributed by atoms with E-state index in [2.05, 4.69) is 65.6 Å². The number of likely N-dealkylation sites (tertiary alicyclic amines) is 1. The molecule has 1 amide bonds. The van der Waals surface area contributed by atoms with E-state index in [4.69, 9.17) is 0 Å². The fraction of sp³-hybridized carbons (Fsp3) is 0.306. The maximum atomic E-state index is 15.2. The fourth-order valence-electron chi connectivity index (χ4n) is 6.37. The lowest BCUT2D eigenvalue weighted by atomic mass is 9.75. The first-order chi connectivity index (χ1) is 19.2. The van der Waals surface area contributed by atoms with Gasteiger partial charge in [-0.3, -0.25) is 4.79 Å². The third-order valence-electron chi connectivity index (χ3n) is 8.18. The second-order valence-corrected chi connectivity index (χ2v) is 15.3. The maximum Gasteiger partial charge on any atom is 0.228 e. The van der Waals surface area contributed by atoms with Crippen molar-refractivity contribution >= 4 is 23.7 Å². The number of rotatable bonds is 8. The summed E-state index contributed by atoms with van der Waals surface area (Å²) in [4.78, 5) is 16.2. The van der Waals surface area contributed by atoms with Gasteiger partial charge in [0, 0.05) is 34.8 Å². The second kappa shape index (κ2) is 11.6. The van der Waals surface area contributed by atoms with Crippen LogP contribution in [0.1, 0.15) is 38.3 Å². The van der Waals surface area contributed by atoms with E-state index in [-0.39, 0.29) is 17.4 Å². The molecule has 4 aromatic rings. The number of carbonyl (C=O) groups is 1. The molecular formula is C36H40NO2P. The summed E-state index contributed by atoms with van der Waals surface area (Å²) in [7, 11) is -3.02. The lowest BCUT2D eigenvalue weighted by Gasteiger charge is -2.34. The lowest BCUT2D eigenvalue weighted by Crippen LogP contribution is -2.45. The molecule has 3 nitrogen and oxygen atoms in total. The van der Waals surface area contributed by atoms with Crippen LogP contribution in [-0.2, 0) is 22.2 Å². The van der Waals surface area contributed by atoms with Crippen LogP contribution in [0.3, 0.4) is 0 Å². The Balaban J connectivity index is 1.59. The number of benzene rings is 4. The van der Waals surface area contributed by atoms with Crippen molar-refractivity contribution < 1.29 is 9.36 Å². The number of hydrogen-bond acceptors (Lipinski definition) is 2. The highest BCUT2D eigenvalue weighted by Crippen LogP contribution is 2.50. The van der Waals surface area contributed by atoms with Crippen LogP contribution in [0.4, 0.5) is 0 Å². The summed E-state index contributed by atoms with van der Waals surface area (Å²) in [5, 5.41) is 1.71. The molecule has 0 bridgehead atoms. The highest BCUT2D eigenvalue weighted by Gasteiger charge is 2.49. The van der Waals surface area contributed by atoms with Gasteiger partial charge in [0.15, 0.2) is 0 Å². The fourth-order valence-corrected chi connectivity index (χ4v) is 9.31. The Labute approximate surface area is 239 Å². The van der Waals surface area contributed by atoms with Crippen molar-refractivity contribution in [3.05, 3.63) is 132 Å². The molecule has 0 N–H and O–H groups in total. The van der Waals surface area contributed by atoms with E-state index in [9.17, 15) is 4.79 Å². The molecule has 0 aromatic heterocycles. The Morgan fingerprint density at radius 3 is 1.52 bits per heavy atom. The molecule has 1 heterocycles. The summed E-state index contributed by atoms with van der Waals surface area (Å²) in [6.45, 7) is 6.64. The van der Waals surface area contributed by atoms with Crippen LogP contribution >= 0.6 is 7.14 Å². The van der Waals surface area contributed by atoms with Gasteiger partial charge < -0.3 is 9.46 Å². The molecule has 1 atom stereocenters. The molecular weight excluding hydrogens is 509 g/mol. The number of nitrogens with zero attached hydrogens (tertiary/aromatic N) is 1. The van der Waals surface area contributed by atoms with Crippen LogP contribution in [0.2, 0.25) is 0 Å². The van der Waals surface area contributed by atoms with Crippen molar-refractivity contribution in [3.8, 4) is 0 Å². The SMILES string of the molecule is CC(C)(C)C(=O)N1CC(Cc2ccccc2)(Cc2ccccc2)C[C@H]1CP(=O)(c1ccccc1)c1ccccc1. The minimum absolute atomic E-state index is 0.133. The Morgan fingerprint density at radius 2 is 1.12 bits per heavy atom. The normalized spacial score (nSPS) is 17.1. The zero-order chi connectivity index (χ0) is 28.2. The summed E-state index contributed by atoms with van der Waals surface area (Å²) >= 11 is 0. The molecule has 0 spiro atoms. The molecule has 0 unspecified atom stereocenters. The van der Waals surface area contributed by atoms with Crippen molar-refractivity contribution in [2.75, 3.05) is 12.7 Å². The van der Waals surface area contributed by atoms with Gasteiger partial charge in [-0.15, -0.1) is 0 Å². The third-order valence-corrected chi connectivity index (χ3v) is 11.4. The first kappa shape index (κ1) is 28.1. The molecule has 4 heteroatoms. The van der Waals surface area contributed by atoms with Gasteiger partial charge in [-0.25, -0.2) is 0 Å². The monoisotopic (exact) mass is 549 g/mol. The zero-order valence-corrected chi connectivity index (χ0v) is 24.8. The smallest absolute Gasteiger partial charge is 0.228 e. The Hall–Kier alpha value is -3.42. The van der Waals surface area contributed by atoms with Gasteiger partial charge in [0.05, 0.1) is 0 Å². The third kappa shape index (κ3) is 6.16. The zero-order valence-electron chi connectivity index (χ0n) is 23.9. The minimum atomic E-state index is -3.02. The average Bonchev–Trinajstić information content (AvgIpc) is 3.30. The van der Waals surface area contributed by atoms with Crippen molar-refractivity contribution in [2.45, 2.75) is 46.1 Å². The van der Waals surface area contributed by atoms with Crippen molar-refractivity contribution in [2.24, 2.45) is 10.8 Å². The van der Waals surface area contributed by atoms with Crippen molar-refractivity contribution in [3.63, 3.8) is 0 Å². The van der Waals surface area contributed by atoms with Crippen LogP contribution in [-0.4, -0.2) is 29.6 Å². The van der Waals surface area contributed by atoms with Gasteiger partial charge in [-0.1, -0.05) is 142 Å². The summed E-state index contributed by atoms with van der Waals surface area (Å²) in [5.41, 5.74) is 1.86. The Morgan fingerprint density at radius 1 is 0.725 bits per heavy atom. The minimum Gasteiger partial charge on any atom is -0.338 e. The van der Waals surface area contributed by atoms with E-state index in [1.807, 2.05) is 81.4 Å². The molecule has 1 aliphatic rings. The molecule has 0 aliphatic carbocycles. The van der Waals surface area contributed by atoms with E-state index >= 15 is 4.57 Å². The van der Waals surface area contributed by atoms with Crippen molar-refractivity contribution in [1.29, 1.82) is 0 Å². The van der Waals surface area contributed by atoms with Gasteiger partial charge in [0.2, 0.25) is 5.91 Å². The highest BCUT2D eigenvalue weighted by atomic mass is 31.2. The van der Waals surface area contributed by atoms with E-state index < -0.39 is 12.6 Å². The van der Waals surface area contributed by atoms with Crippen LogP contribution in [0.5, 0.6) is 0 Å². The molecule has 1 aliphatic heterocycles. The summed E-state index contributed by atoms with van der Waals surface area (Å²) in [6, 6.07) is 40.8. The highest BCUT2D eigenvalue weighted by molar-refractivity contribution is 7.78. The number of amides is 1. The Kier molecular flexibility index (Phi) is 8.15. The van der Waals surface area contributed by atoms with Crippen LogP contribution in [0, 0.1) is 10.8 Å². The Bertz CT molecular complexity index is 1360. The first-order valence-corrected chi connectivity index (χ1v) is 16.2. The first-order valence-electron chi connectivity index (χ1n) is 14.3. The standard InChI is InChI=1S/C36H40NO2P/c1-35(2,3)34(38)37-28-36(24-29-16-8-4-9-17-29,25-30-18-10-5-11-19-30)26-31(37)27-40(39,32-20-12-6-13-21-32)33-22-14-7-15-23-33/h4-23,31H,24-28H2,1-3H3/t31-/m0/s1. The van der Waals surface area contributed by atoms with E-state index in [0.717, 1.165) is 29.9 Å². The predicted octanol–water partition coefficient (Wildman–Crippen LogP) is 7.12. The van der Waals surface area contributed by atoms with Gasteiger partial charge in [0.25, 0.3) is 0 Å². The number of hydrogen-bond donors (Lipinski definition) is 0. The van der Waals surface area contributed by atoms with Gasteiger partial charge in [-0.05, 0) is 35.8 Å². The second-order valence-electron chi connectivity index (χ2n) is 12.5. The molecule has 40 heavy (non-hydrogen) atoms. The average molecular weight is 550 g/mol. The molecule has 0 saturated carbocycles. The summed E-state index contributed by atoms with van der Waals surface area (Å²) < 4.78 is 15.2. The van der Waals surface area contributed by atoms with Crippen LogP contribution in [0.15, 0.2) is 121 Å². The van der Waals surface area contributed by atoms with Crippen molar-refractivity contribution in [1.82, 2.24) is 4.90 Å². The van der Waals surface area contributed by atoms with Crippen LogP contribution in [0.25, 0.3) is 0 Å². The van der Waals surface area contributed by atoms with Gasteiger partial charge in [0.1, 0.15) is 7.14 Å². The molecule has 4 aromatic carbocycles. The van der Waals surface area contributed by atoms with E-state index in [0.29, 0.717) is 12.7 Å². The largest absolute Gasteiger partial charge is 0.338 e. The topological polar surface area (TPSA) is 37.4 Å². The molecule has 206 valence electrons. The van der Waals surface area contributed by atoms with Crippen LogP contribution < -0.4 is 10.6 Å². The van der Waals surface area contributed by atoms with Gasteiger partial charge >= 0.3 is 0 Å². The molecule has 1 fully saturated rings. The summed E-state index contributed by atoms with van der Waals surface area (Å²) in [5.74, 6) is 0.133. The van der Waals surface area contributed by atoms with Gasteiger partial charge in [-0.2, -0.15) is 0 Å². The quantitative estimate of drug-likeness (QED) is 0.220. The maximum absolute atomic E-state index is 15.2.